The van der Waals surface area contributed by atoms with Crippen LogP contribution in [0.2, 0.25) is 0 Å². The first-order valence-corrected chi connectivity index (χ1v) is 6.47. The third kappa shape index (κ3) is 3.85. The molecule has 6 heteroatoms. The van der Waals surface area contributed by atoms with E-state index in [1.807, 2.05) is 25.1 Å². The number of aryl methyl sites for hydroxylation is 1. The number of hydrogen-bond acceptors (Lipinski definition) is 4. The van der Waals surface area contributed by atoms with Crippen molar-refractivity contribution in [1.29, 1.82) is 0 Å². The molecule has 0 spiro atoms. The minimum atomic E-state index is -0.987. The van der Waals surface area contributed by atoms with Gasteiger partial charge in [0.1, 0.15) is 0 Å². The van der Waals surface area contributed by atoms with Gasteiger partial charge in [-0.2, -0.15) is 0 Å². The lowest BCUT2D eigenvalue weighted by molar-refractivity contribution is -0.145. The lowest BCUT2D eigenvalue weighted by Gasteiger charge is -2.21. The van der Waals surface area contributed by atoms with Crippen LogP contribution >= 0.6 is 0 Å². The minimum absolute atomic E-state index is 0.207. The van der Waals surface area contributed by atoms with Gasteiger partial charge < -0.3 is 10.6 Å². The zero-order valence-corrected chi connectivity index (χ0v) is 11.7. The van der Waals surface area contributed by atoms with Gasteiger partial charge >= 0.3 is 11.8 Å². The maximum absolute atomic E-state index is 12.0. The second-order valence-corrected chi connectivity index (χ2v) is 4.61. The number of aromatic nitrogens is 2. The van der Waals surface area contributed by atoms with Crippen LogP contribution in [0.25, 0.3) is 0 Å². The van der Waals surface area contributed by atoms with Crippen molar-refractivity contribution in [2.24, 2.45) is 5.73 Å². The lowest BCUT2D eigenvalue weighted by Crippen LogP contribution is -2.39. The average Bonchev–Trinajstić information content (AvgIpc) is 2.49. The molecule has 21 heavy (non-hydrogen) atoms. The molecule has 0 aliphatic carbocycles. The highest BCUT2D eigenvalue weighted by atomic mass is 16.2. The van der Waals surface area contributed by atoms with E-state index in [9.17, 15) is 9.59 Å². The standard InChI is InChI=1S/C15H16N4O2/c1-11-5-4-8-18-13(11)10-19(15(21)14(16)20)9-12-6-2-3-7-17-12/h2-8H,9-10H2,1H3,(H2,16,20). The topological polar surface area (TPSA) is 89.2 Å². The molecule has 6 nitrogen and oxygen atoms in total. The van der Waals surface area contributed by atoms with Gasteiger partial charge in [-0.15, -0.1) is 0 Å². The Morgan fingerprint density at radius 1 is 1.10 bits per heavy atom. The van der Waals surface area contributed by atoms with Crippen molar-refractivity contribution >= 4 is 11.8 Å². The van der Waals surface area contributed by atoms with Gasteiger partial charge in [-0.1, -0.05) is 12.1 Å². The van der Waals surface area contributed by atoms with E-state index in [0.717, 1.165) is 11.3 Å². The first-order valence-electron chi connectivity index (χ1n) is 6.47. The average molecular weight is 284 g/mol. The SMILES string of the molecule is Cc1cccnc1CN(Cc1ccccn1)C(=O)C(N)=O. The van der Waals surface area contributed by atoms with Crippen LogP contribution in [0.5, 0.6) is 0 Å². The number of amides is 2. The smallest absolute Gasteiger partial charge is 0.312 e. The van der Waals surface area contributed by atoms with Crippen LogP contribution in [-0.2, 0) is 22.7 Å². The summed E-state index contributed by atoms with van der Waals surface area (Å²) in [5.41, 5.74) is 7.46. The highest BCUT2D eigenvalue weighted by Crippen LogP contribution is 2.10. The first kappa shape index (κ1) is 14.6. The number of nitrogens with two attached hydrogens (primary N) is 1. The van der Waals surface area contributed by atoms with Crippen molar-refractivity contribution < 1.29 is 9.59 Å². The Labute approximate surface area is 122 Å². The van der Waals surface area contributed by atoms with Crippen LogP contribution in [0.1, 0.15) is 17.0 Å². The largest absolute Gasteiger partial charge is 0.361 e. The van der Waals surface area contributed by atoms with Crippen molar-refractivity contribution in [3.63, 3.8) is 0 Å². The Balaban J connectivity index is 2.22. The fourth-order valence-electron chi connectivity index (χ4n) is 1.91. The summed E-state index contributed by atoms with van der Waals surface area (Å²) in [6, 6.07) is 9.11. The van der Waals surface area contributed by atoms with Crippen molar-refractivity contribution in [3.8, 4) is 0 Å². The summed E-state index contributed by atoms with van der Waals surface area (Å²) < 4.78 is 0. The summed E-state index contributed by atoms with van der Waals surface area (Å²) in [6.07, 6.45) is 3.28. The maximum Gasteiger partial charge on any atom is 0.312 e. The molecule has 0 saturated heterocycles. The van der Waals surface area contributed by atoms with Crippen LogP contribution in [0, 0.1) is 6.92 Å². The molecule has 2 heterocycles. The van der Waals surface area contributed by atoms with Gasteiger partial charge in [0, 0.05) is 12.4 Å². The number of rotatable bonds is 4. The van der Waals surface area contributed by atoms with Crippen molar-refractivity contribution in [1.82, 2.24) is 14.9 Å². The summed E-state index contributed by atoms with van der Waals surface area (Å²) in [5, 5.41) is 0. The van der Waals surface area contributed by atoms with Crippen LogP contribution in [0.15, 0.2) is 42.7 Å². The monoisotopic (exact) mass is 284 g/mol. The molecular formula is C15H16N4O2. The number of nitrogens with zero attached hydrogens (tertiary/aromatic N) is 3. The Bertz CT molecular complexity index is 643. The molecule has 2 amide bonds. The number of carbonyl (C=O) groups is 2. The molecule has 0 aliphatic rings. The van der Waals surface area contributed by atoms with E-state index in [2.05, 4.69) is 9.97 Å². The van der Waals surface area contributed by atoms with Crippen molar-refractivity contribution in [2.45, 2.75) is 20.0 Å². The van der Waals surface area contributed by atoms with E-state index >= 15 is 0 Å². The predicted molar refractivity (Wildman–Crippen MR) is 76.7 cm³/mol. The van der Waals surface area contributed by atoms with E-state index in [1.54, 1.807) is 24.5 Å². The lowest BCUT2D eigenvalue weighted by atomic mass is 10.2. The quantitative estimate of drug-likeness (QED) is 0.841. The van der Waals surface area contributed by atoms with Gasteiger partial charge in [-0.3, -0.25) is 19.6 Å². The molecule has 0 aromatic carbocycles. The third-order valence-electron chi connectivity index (χ3n) is 3.04. The molecule has 2 rings (SSSR count). The van der Waals surface area contributed by atoms with Gasteiger partial charge in [0.15, 0.2) is 0 Å². The summed E-state index contributed by atoms with van der Waals surface area (Å²) >= 11 is 0. The Kier molecular flexibility index (Phi) is 4.61. The molecule has 0 saturated carbocycles. The predicted octanol–water partition coefficient (Wildman–Crippen LogP) is 0.799. The van der Waals surface area contributed by atoms with Crippen LogP contribution in [0.3, 0.4) is 0 Å². The Morgan fingerprint density at radius 3 is 2.48 bits per heavy atom. The molecule has 0 radical (unpaired) electrons. The number of primary amides is 1. The molecule has 2 aromatic rings. The van der Waals surface area contributed by atoms with E-state index < -0.39 is 11.8 Å². The molecule has 2 aromatic heterocycles. The number of pyridine rings is 2. The summed E-state index contributed by atoms with van der Waals surface area (Å²) in [5.74, 6) is -1.73. The number of hydrogen-bond donors (Lipinski definition) is 1. The molecule has 0 bridgehead atoms. The van der Waals surface area contributed by atoms with Gasteiger partial charge in [0.25, 0.3) is 0 Å². The molecule has 0 aliphatic heterocycles. The van der Waals surface area contributed by atoms with E-state index in [0.29, 0.717) is 5.69 Å². The Hall–Kier alpha value is -2.76. The van der Waals surface area contributed by atoms with E-state index in [4.69, 9.17) is 5.73 Å². The van der Waals surface area contributed by atoms with Gasteiger partial charge in [-0.25, -0.2) is 0 Å². The summed E-state index contributed by atoms with van der Waals surface area (Å²) in [7, 11) is 0. The fraction of sp³-hybridized carbons (Fsp3) is 0.200. The highest BCUT2D eigenvalue weighted by Gasteiger charge is 2.21. The molecule has 0 unspecified atom stereocenters. The zero-order valence-electron chi connectivity index (χ0n) is 11.7. The van der Waals surface area contributed by atoms with Gasteiger partial charge in [0.2, 0.25) is 0 Å². The molecule has 0 atom stereocenters. The molecular weight excluding hydrogens is 268 g/mol. The first-order chi connectivity index (χ1) is 10.1. The fourth-order valence-corrected chi connectivity index (χ4v) is 1.91. The summed E-state index contributed by atoms with van der Waals surface area (Å²) in [4.78, 5) is 32.9. The normalized spacial score (nSPS) is 10.1. The Morgan fingerprint density at radius 2 is 1.86 bits per heavy atom. The van der Waals surface area contributed by atoms with Gasteiger partial charge in [0.05, 0.1) is 24.5 Å². The highest BCUT2D eigenvalue weighted by molar-refractivity contribution is 6.34. The van der Waals surface area contributed by atoms with Gasteiger partial charge in [-0.05, 0) is 30.7 Å². The number of carbonyl (C=O) groups excluding carboxylic acids is 2. The van der Waals surface area contributed by atoms with Crippen LogP contribution < -0.4 is 5.73 Å². The van der Waals surface area contributed by atoms with Crippen LogP contribution in [-0.4, -0.2) is 26.7 Å². The van der Waals surface area contributed by atoms with Crippen molar-refractivity contribution in [2.75, 3.05) is 0 Å². The molecule has 108 valence electrons. The molecule has 2 N–H and O–H groups in total. The minimum Gasteiger partial charge on any atom is -0.361 e. The zero-order chi connectivity index (χ0) is 15.2. The molecule has 0 fully saturated rings. The van der Waals surface area contributed by atoms with Crippen LogP contribution in [0.4, 0.5) is 0 Å². The second kappa shape index (κ2) is 6.60. The van der Waals surface area contributed by atoms with Crippen molar-refractivity contribution in [3.05, 3.63) is 59.7 Å². The summed E-state index contributed by atoms with van der Waals surface area (Å²) in [6.45, 7) is 2.32. The second-order valence-electron chi connectivity index (χ2n) is 4.61. The van der Waals surface area contributed by atoms with E-state index in [-0.39, 0.29) is 13.1 Å². The third-order valence-corrected chi connectivity index (χ3v) is 3.04. The van der Waals surface area contributed by atoms with E-state index in [1.165, 1.54) is 4.90 Å². The maximum atomic E-state index is 12.0.